The van der Waals surface area contributed by atoms with E-state index in [9.17, 15) is 4.79 Å². The van der Waals surface area contributed by atoms with Crippen LogP contribution in [0.25, 0.3) is 0 Å². The fourth-order valence-corrected chi connectivity index (χ4v) is 2.16. The second-order valence-electron chi connectivity index (χ2n) is 5.81. The first-order chi connectivity index (χ1) is 7.38. The quantitative estimate of drug-likeness (QED) is 0.753. The van der Waals surface area contributed by atoms with Crippen LogP contribution in [-0.2, 0) is 9.53 Å². The second-order valence-corrected chi connectivity index (χ2v) is 5.81. The summed E-state index contributed by atoms with van der Waals surface area (Å²) in [6.07, 6.45) is 5.90. The molecule has 1 aliphatic rings. The number of hydrogen-bond acceptors (Lipinski definition) is 3. The molecule has 0 bridgehead atoms. The average molecular weight is 227 g/mol. The third kappa shape index (κ3) is 4.97. The second kappa shape index (κ2) is 5.67. The minimum absolute atomic E-state index is 0.0506. The van der Waals surface area contributed by atoms with E-state index in [1.807, 2.05) is 6.92 Å². The minimum Gasteiger partial charge on any atom is -0.461 e. The van der Waals surface area contributed by atoms with Gasteiger partial charge in [0.1, 0.15) is 12.1 Å². The van der Waals surface area contributed by atoms with Crippen LogP contribution in [0.3, 0.4) is 0 Å². The highest BCUT2D eigenvalue weighted by molar-refractivity contribution is 5.75. The van der Waals surface area contributed by atoms with E-state index in [1.54, 1.807) is 0 Å². The van der Waals surface area contributed by atoms with Gasteiger partial charge in [0.05, 0.1) is 0 Å². The van der Waals surface area contributed by atoms with E-state index in [1.165, 1.54) is 19.3 Å². The molecular formula is C13H25NO2. The van der Waals surface area contributed by atoms with Crippen LogP contribution in [0.15, 0.2) is 0 Å². The maximum absolute atomic E-state index is 11.8. The number of ether oxygens (including phenoxy) is 1. The summed E-state index contributed by atoms with van der Waals surface area (Å²) in [5.74, 6) is -0.109. The molecule has 1 fully saturated rings. The molecule has 0 radical (unpaired) electrons. The van der Waals surface area contributed by atoms with Gasteiger partial charge in [-0.05, 0) is 53.4 Å². The maximum Gasteiger partial charge on any atom is 0.323 e. The first-order valence-corrected chi connectivity index (χ1v) is 6.37. The highest BCUT2D eigenvalue weighted by atomic mass is 16.5. The minimum atomic E-state index is -0.220. The monoisotopic (exact) mass is 227 g/mol. The summed E-state index contributed by atoms with van der Waals surface area (Å²) in [5.41, 5.74) is -0.0506. The van der Waals surface area contributed by atoms with Crippen molar-refractivity contribution in [1.29, 1.82) is 0 Å². The Labute approximate surface area is 98.9 Å². The SMILES string of the molecule is C[C@H](NC(C)(C)C)C(=O)OC1CCCCC1. The van der Waals surface area contributed by atoms with Gasteiger partial charge in [-0.3, -0.25) is 10.1 Å². The Morgan fingerprint density at radius 1 is 1.25 bits per heavy atom. The predicted molar refractivity (Wildman–Crippen MR) is 65.3 cm³/mol. The van der Waals surface area contributed by atoms with Crippen LogP contribution >= 0.6 is 0 Å². The summed E-state index contributed by atoms with van der Waals surface area (Å²) in [6.45, 7) is 8.03. The molecule has 0 amide bonds. The molecule has 1 atom stereocenters. The zero-order chi connectivity index (χ0) is 12.2. The maximum atomic E-state index is 11.8. The fourth-order valence-electron chi connectivity index (χ4n) is 2.16. The molecule has 0 aromatic heterocycles. The molecule has 0 spiro atoms. The van der Waals surface area contributed by atoms with E-state index < -0.39 is 0 Å². The first-order valence-electron chi connectivity index (χ1n) is 6.37. The van der Waals surface area contributed by atoms with Crippen LogP contribution in [0.1, 0.15) is 59.8 Å². The van der Waals surface area contributed by atoms with Crippen molar-refractivity contribution >= 4 is 5.97 Å². The Kier molecular flexibility index (Phi) is 4.78. The van der Waals surface area contributed by atoms with Crippen LogP contribution in [0.2, 0.25) is 0 Å². The van der Waals surface area contributed by atoms with Gasteiger partial charge in [0.15, 0.2) is 0 Å². The van der Waals surface area contributed by atoms with Gasteiger partial charge < -0.3 is 4.74 Å². The molecule has 1 aliphatic carbocycles. The number of esters is 1. The number of rotatable bonds is 3. The Balaban J connectivity index is 2.33. The lowest BCUT2D eigenvalue weighted by molar-refractivity contribution is -0.153. The van der Waals surface area contributed by atoms with E-state index in [2.05, 4.69) is 26.1 Å². The molecular weight excluding hydrogens is 202 g/mol. The largest absolute Gasteiger partial charge is 0.461 e. The van der Waals surface area contributed by atoms with Gasteiger partial charge >= 0.3 is 5.97 Å². The summed E-state index contributed by atoms with van der Waals surface area (Å²) >= 11 is 0. The van der Waals surface area contributed by atoms with Crippen LogP contribution < -0.4 is 5.32 Å². The topological polar surface area (TPSA) is 38.3 Å². The van der Waals surface area contributed by atoms with Crippen LogP contribution in [0.4, 0.5) is 0 Å². The van der Waals surface area contributed by atoms with Crippen LogP contribution in [-0.4, -0.2) is 23.7 Å². The molecule has 0 aromatic carbocycles. The molecule has 0 heterocycles. The van der Waals surface area contributed by atoms with Crippen LogP contribution in [0, 0.1) is 0 Å². The molecule has 1 N–H and O–H groups in total. The van der Waals surface area contributed by atoms with Gasteiger partial charge in [0.25, 0.3) is 0 Å². The van der Waals surface area contributed by atoms with Gasteiger partial charge in [0.2, 0.25) is 0 Å². The van der Waals surface area contributed by atoms with Gasteiger partial charge in [-0.1, -0.05) is 6.42 Å². The predicted octanol–water partition coefficient (Wildman–Crippen LogP) is 2.64. The van der Waals surface area contributed by atoms with Gasteiger partial charge in [-0.15, -0.1) is 0 Å². The highest BCUT2D eigenvalue weighted by Gasteiger charge is 2.24. The van der Waals surface area contributed by atoms with Crippen molar-refractivity contribution in [2.24, 2.45) is 0 Å². The van der Waals surface area contributed by atoms with E-state index in [0.29, 0.717) is 0 Å². The van der Waals surface area contributed by atoms with Crippen molar-refractivity contribution in [3.63, 3.8) is 0 Å². The highest BCUT2D eigenvalue weighted by Crippen LogP contribution is 2.20. The first kappa shape index (κ1) is 13.5. The fraction of sp³-hybridized carbons (Fsp3) is 0.923. The van der Waals surface area contributed by atoms with Crippen molar-refractivity contribution < 1.29 is 9.53 Å². The lowest BCUT2D eigenvalue weighted by Crippen LogP contribution is -2.47. The Morgan fingerprint density at radius 2 is 1.81 bits per heavy atom. The summed E-state index contributed by atoms with van der Waals surface area (Å²) in [6, 6.07) is -0.220. The molecule has 0 aromatic rings. The van der Waals surface area contributed by atoms with Crippen molar-refractivity contribution in [3.05, 3.63) is 0 Å². The van der Waals surface area contributed by atoms with Gasteiger partial charge in [0, 0.05) is 5.54 Å². The molecule has 0 aliphatic heterocycles. The molecule has 3 nitrogen and oxygen atoms in total. The Bertz CT molecular complexity index is 227. The molecule has 3 heteroatoms. The van der Waals surface area contributed by atoms with Crippen molar-refractivity contribution in [2.75, 3.05) is 0 Å². The zero-order valence-corrected chi connectivity index (χ0v) is 11.0. The number of carbonyl (C=O) groups excluding carboxylic acids is 1. The third-order valence-corrected chi connectivity index (χ3v) is 2.84. The standard InChI is InChI=1S/C13H25NO2/c1-10(14-13(2,3)4)12(15)16-11-8-6-5-7-9-11/h10-11,14H,5-9H2,1-4H3/t10-/m0/s1. The van der Waals surface area contributed by atoms with Crippen molar-refractivity contribution in [3.8, 4) is 0 Å². The van der Waals surface area contributed by atoms with E-state index in [0.717, 1.165) is 12.8 Å². The Morgan fingerprint density at radius 3 is 2.31 bits per heavy atom. The average Bonchev–Trinajstić information content (AvgIpc) is 2.16. The number of hydrogen-bond donors (Lipinski definition) is 1. The molecule has 1 saturated carbocycles. The number of carbonyl (C=O) groups is 1. The molecule has 16 heavy (non-hydrogen) atoms. The zero-order valence-electron chi connectivity index (χ0n) is 11.0. The van der Waals surface area contributed by atoms with E-state index >= 15 is 0 Å². The lowest BCUT2D eigenvalue weighted by Gasteiger charge is -2.27. The van der Waals surface area contributed by atoms with Crippen molar-refractivity contribution in [1.82, 2.24) is 5.32 Å². The summed E-state index contributed by atoms with van der Waals surface area (Å²) in [7, 11) is 0. The third-order valence-electron chi connectivity index (χ3n) is 2.84. The summed E-state index contributed by atoms with van der Waals surface area (Å²) < 4.78 is 5.50. The van der Waals surface area contributed by atoms with E-state index in [-0.39, 0.29) is 23.7 Å². The summed E-state index contributed by atoms with van der Waals surface area (Å²) in [4.78, 5) is 11.8. The van der Waals surface area contributed by atoms with E-state index in [4.69, 9.17) is 4.74 Å². The molecule has 0 saturated heterocycles. The summed E-state index contributed by atoms with van der Waals surface area (Å²) in [5, 5.41) is 3.23. The van der Waals surface area contributed by atoms with Gasteiger partial charge in [-0.2, -0.15) is 0 Å². The molecule has 94 valence electrons. The van der Waals surface area contributed by atoms with Crippen LogP contribution in [0.5, 0.6) is 0 Å². The van der Waals surface area contributed by atoms with Gasteiger partial charge in [-0.25, -0.2) is 0 Å². The lowest BCUT2D eigenvalue weighted by atomic mass is 9.98. The Hall–Kier alpha value is -0.570. The molecule has 0 unspecified atom stereocenters. The smallest absolute Gasteiger partial charge is 0.323 e. The molecule has 1 rings (SSSR count). The normalized spacial score (nSPS) is 20.5. The van der Waals surface area contributed by atoms with Crippen molar-refractivity contribution in [2.45, 2.75) is 77.5 Å². The number of nitrogens with one attached hydrogen (secondary N) is 1.